The predicted octanol–water partition coefficient (Wildman–Crippen LogP) is -0.415. The third-order valence-electron chi connectivity index (χ3n) is 4.08. The van der Waals surface area contributed by atoms with Crippen molar-refractivity contribution >= 4 is 34.4 Å². The third-order valence-corrected chi connectivity index (χ3v) is 6.19. The number of fused-ring (bicyclic) bond motifs is 1. The Kier molecular flexibility index (Phi) is 5.38. The molecule has 26 heavy (non-hydrogen) atoms. The number of carboxylic acid groups (broad SMARTS) is 1. The number of carboxylic acids is 1. The molecule has 1 aromatic heterocycles. The molecule has 1 aliphatic rings. The molecule has 1 aromatic carbocycles. The molecule has 3 rings (SSSR count). The van der Waals surface area contributed by atoms with Crippen molar-refractivity contribution < 1.29 is 41.0 Å². The van der Waals surface area contributed by atoms with E-state index in [1.54, 1.807) is 17.0 Å². The number of benzene rings is 1. The van der Waals surface area contributed by atoms with Crippen molar-refractivity contribution in [2.45, 2.75) is 20.4 Å². The van der Waals surface area contributed by atoms with Crippen LogP contribution in [0.1, 0.15) is 28.4 Å². The monoisotopic (exact) mass is 465 g/mol. The van der Waals surface area contributed by atoms with Crippen LogP contribution in [0.5, 0.6) is 0 Å². The van der Waals surface area contributed by atoms with Crippen LogP contribution >= 0.6 is 0 Å². The number of aliphatic carboxylic acids is 1. The average molecular weight is 465 g/mol. The van der Waals surface area contributed by atoms with Gasteiger partial charge in [0.15, 0.2) is 0 Å². The van der Waals surface area contributed by atoms with Crippen molar-refractivity contribution in [3.63, 3.8) is 0 Å². The number of rotatable bonds is 5. The van der Waals surface area contributed by atoms with E-state index in [-0.39, 0.29) is 40.1 Å². The number of halogens is 1. The first-order valence-electron chi connectivity index (χ1n) is 7.93. The number of aromatic nitrogens is 1. The molecular formula is C19H18IN2O4-. The number of aryl methyl sites for hydroxylation is 1. The number of ketones is 1. The number of carbonyl (C=O) groups excluding carboxylic acids is 1. The van der Waals surface area contributed by atoms with E-state index in [2.05, 4.69) is 9.08 Å². The van der Waals surface area contributed by atoms with Gasteiger partial charge in [-0.25, -0.2) is 0 Å². The van der Waals surface area contributed by atoms with Gasteiger partial charge in [0.25, 0.3) is 0 Å². The fourth-order valence-electron chi connectivity index (χ4n) is 2.97. The summed E-state index contributed by atoms with van der Waals surface area (Å²) in [5, 5.41) is 19.2. The molecule has 136 valence electrons. The van der Waals surface area contributed by atoms with Crippen molar-refractivity contribution in [1.82, 2.24) is 4.57 Å². The molecule has 2 heterocycles. The van der Waals surface area contributed by atoms with Crippen LogP contribution < -0.4 is 21.2 Å². The van der Waals surface area contributed by atoms with Crippen molar-refractivity contribution in [2.24, 2.45) is 4.99 Å². The van der Waals surface area contributed by atoms with Crippen LogP contribution in [0.4, 0.5) is 0 Å². The van der Waals surface area contributed by atoms with E-state index in [1.807, 2.05) is 23.1 Å². The Bertz CT molecular complexity index is 999. The zero-order valence-corrected chi connectivity index (χ0v) is 16.5. The molecule has 0 amide bonds. The van der Waals surface area contributed by atoms with Gasteiger partial charge in [-0.1, -0.05) is 0 Å². The Hall–Kier alpha value is -2.26. The van der Waals surface area contributed by atoms with Crippen LogP contribution in [0.2, 0.25) is 0 Å². The molecule has 0 bridgehead atoms. The van der Waals surface area contributed by atoms with Crippen LogP contribution in [-0.4, -0.2) is 39.4 Å². The Morgan fingerprint density at radius 1 is 1.27 bits per heavy atom. The van der Waals surface area contributed by atoms with Gasteiger partial charge < -0.3 is 0 Å². The van der Waals surface area contributed by atoms with Gasteiger partial charge in [-0.05, 0) is 0 Å². The molecule has 0 aliphatic carbocycles. The molecular weight excluding hydrogens is 447 g/mol. The molecule has 7 heteroatoms. The zero-order chi connectivity index (χ0) is 18.8. The summed E-state index contributed by atoms with van der Waals surface area (Å²) >= 11 is -0.366. The number of nitrogens with zero attached hydrogens (tertiary/aromatic N) is 2. The third kappa shape index (κ3) is 3.63. The first-order chi connectivity index (χ1) is 12.4. The van der Waals surface area contributed by atoms with E-state index >= 15 is 0 Å². The van der Waals surface area contributed by atoms with Crippen LogP contribution in [0.25, 0.3) is 16.5 Å². The van der Waals surface area contributed by atoms with Crippen LogP contribution in [0, 0.1) is 6.92 Å². The van der Waals surface area contributed by atoms with Gasteiger partial charge in [0, 0.05) is 0 Å². The fourth-order valence-corrected chi connectivity index (χ4v) is 4.83. The van der Waals surface area contributed by atoms with E-state index in [1.165, 1.54) is 6.92 Å². The summed E-state index contributed by atoms with van der Waals surface area (Å²) in [5.74, 6) is -1.05. The topological polar surface area (TPSA) is 91.9 Å². The molecule has 2 aromatic rings. The summed E-state index contributed by atoms with van der Waals surface area (Å²) in [5.41, 5.74) is 4.72. The van der Waals surface area contributed by atoms with Crippen molar-refractivity contribution in [2.75, 3.05) is 6.61 Å². The summed E-state index contributed by atoms with van der Waals surface area (Å²) in [6, 6.07) is 3.90. The number of hydrogen-bond acceptors (Lipinski definition) is 4. The molecule has 0 fully saturated rings. The van der Waals surface area contributed by atoms with Crippen molar-refractivity contribution in [1.29, 1.82) is 0 Å². The first-order valence-corrected chi connectivity index (χ1v) is 10.4. The zero-order valence-electron chi connectivity index (χ0n) is 14.4. The Balaban J connectivity index is 2.16. The second-order valence-corrected chi connectivity index (χ2v) is 7.98. The number of hydrogen-bond donors (Lipinski definition) is 2. The van der Waals surface area contributed by atoms with Crippen LogP contribution in [-0.2, 0) is 11.3 Å². The molecule has 0 spiro atoms. The van der Waals surface area contributed by atoms with Gasteiger partial charge in [0.1, 0.15) is 0 Å². The molecule has 6 nitrogen and oxygen atoms in total. The molecule has 0 radical (unpaired) electrons. The summed E-state index contributed by atoms with van der Waals surface area (Å²) in [6.45, 7) is 3.12. The van der Waals surface area contributed by atoms with Gasteiger partial charge in [-0.15, -0.1) is 0 Å². The second-order valence-electron chi connectivity index (χ2n) is 6.02. The molecule has 0 atom stereocenters. The predicted molar refractivity (Wildman–Crippen MR) is 96.0 cm³/mol. The van der Waals surface area contributed by atoms with Crippen LogP contribution in [0.15, 0.2) is 37.2 Å². The minimum absolute atomic E-state index is 0.0814. The van der Waals surface area contributed by atoms with Gasteiger partial charge in [-0.3, -0.25) is 0 Å². The Morgan fingerprint density at radius 2 is 2.04 bits per heavy atom. The maximum absolute atomic E-state index is 12.1. The number of allylic oxidation sites excluding steroid dienone is 1. The molecule has 1 aliphatic heterocycles. The minimum atomic E-state index is -0.952. The van der Waals surface area contributed by atoms with Gasteiger partial charge in [-0.2, -0.15) is 0 Å². The van der Waals surface area contributed by atoms with E-state index in [9.17, 15) is 14.7 Å². The number of aliphatic hydroxyl groups is 1. The summed E-state index contributed by atoms with van der Waals surface area (Å²) < 4.78 is 5.70. The Morgan fingerprint density at radius 3 is 2.69 bits per heavy atom. The van der Waals surface area contributed by atoms with Crippen molar-refractivity contribution in [3.05, 3.63) is 48.9 Å². The molecule has 0 saturated heterocycles. The summed E-state index contributed by atoms with van der Waals surface area (Å²) in [7, 11) is 0. The summed E-state index contributed by atoms with van der Waals surface area (Å²) in [4.78, 5) is 27.5. The van der Waals surface area contributed by atoms with Crippen LogP contribution in [0.3, 0.4) is 0 Å². The second kappa shape index (κ2) is 7.55. The Labute approximate surface area is 160 Å². The van der Waals surface area contributed by atoms with Gasteiger partial charge in [0.05, 0.1) is 0 Å². The van der Waals surface area contributed by atoms with Gasteiger partial charge in [0.2, 0.25) is 0 Å². The van der Waals surface area contributed by atoms with E-state index in [0.29, 0.717) is 11.3 Å². The summed E-state index contributed by atoms with van der Waals surface area (Å²) in [6.07, 6.45) is 3.35. The quantitative estimate of drug-likeness (QED) is 0.464. The number of Topliss-reactive ketones (excluding diaryl/α,β-unsaturated/α-hetero) is 1. The van der Waals surface area contributed by atoms with Gasteiger partial charge >= 0.3 is 161 Å². The van der Waals surface area contributed by atoms with E-state index < -0.39 is 5.97 Å². The fraction of sp³-hybridized carbons (Fsp3) is 0.211. The van der Waals surface area contributed by atoms with E-state index in [4.69, 9.17) is 5.11 Å². The first kappa shape index (κ1) is 18.5. The number of carbonyl (C=O) groups is 2. The normalized spacial score (nSPS) is 14.4. The SMILES string of the molecule is CC(=O)c1cn(CC(=O)O)c2c(C)cc(C3=C[I-]C=C(CO)N=C3)cc12. The standard InChI is InChI=1S/C19H18IN2O4/c1-11-3-13(14-5-20-6-15(10-23)21-7-14)4-16-17(12(2)24)8-22(19(11)16)9-18(25)26/h3-8,23H,9-10H2,1-2H3,(H,25,26)/q-1. The van der Waals surface area contributed by atoms with Crippen molar-refractivity contribution in [3.8, 4) is 0 Å². The average Bonchev–Trinajstić information content (AvgIpc) is 2.78. The number of aliphatic hydroxyl groups excluding tert-OH is 1. The molecule has 2 N–H and O–H groups in total. The molecule has 0 saturated carbocycles. The van der Waals surface area contributed by atoms with E-state index in [0.717, 1.165) is 27.6 Å². The number of aliphatic imine (C=N–C) groups is 1. The maximum atomic E-state index is 12.1. The molecule has 0 unspecified atom stereocenters.